The Morgan fingerprint density at radius 2 is 1.72 bits per heavy atom. The lowest BCUT2D eigenvalue weighted by atomic mass is 9.94. The van der Waals surface area contributed by atoms with Gasteiger partial charge in [0, 0.05) is 33.1 Å². The normalized spacial score (nSPS) is 17.6. The molecule has 2 N–H and O–H groups in total. The van der Waals surface area contributed by atoms with E-state index in [1.54, 1.807) is 0 Å². The predicted octanol–water partition coefficient (Wildman–Crippen LogP) is 1.16. The Bertz CT molecular complexity index is 597. The number of likely N-dealkylation sites (tertiary alicyclic amines) is 1. The van der Waals surface area contributed by atoms with Gasteiger partial charge in [0.15, 0.2) is 5.82 Å². The second-order valence-electron chi connectivity index (χ2n) is 7.28. The van der Waals surface area contributed by atoms with E-state index in [2.05, 4.69) is 26.8 Å². The Labute approximate surface area is 150 Å². The molecule has 1 saturated heterocycles. The van der Waals surface area contributed by atoms with Crippen molar-refractivity contribution in [1.29, 1.82) is 0 Å². The zero-order chi connectivity index (χ0) is 18.7. The second-order valence-corrected chi connectivity index (χ2v) is 7.28. The monoisotopic (exact) mass is 349 g/mol. The molecule has 8 heteroatoms. The molecule has 1 unspecified atom stereocenters. The molecule has 1 amide bonds. The van der Waals surface area contributed by atoms with Crippen molar-refractivity contribution in [2.75, 3.05) is 44.9 Å². The van der Waals surface area contributed by atoms with Gasteiger partial charge >= 0.3 is 0 Å². The van der Waals surface area contributed by atoms with Crippen LogP contribution in [0.5, 0.6) is 0 Å². The first-order valence-corrected chi connectivity index (χ1v) is 8.90. The highest BCUT2D eigenvalue weighted by Gasteiger charge is 2.31. The molecular weight excluding hydrogens is 318 g/mol. The number of nitrogens with two attached hydrogens (primary N) is 1. The minimum Gasteiger partial charge on any atom is -0.368 e. The van der Waals surface area contributed by atoms with Gasteiger partial charge in [-0.15, -0.1) is 0 Å². The third-order valence-corrected chi connectivity index (χ3v) is 4.98. The average molecular weight is 349 g/mol. The van der Waals surface area contributed by atoms with Crippen LogP contribution in [0.1, 0.15) is 45.5 Å². The molecule has 25 heavy (non-hydrogen) atoms. The van der Waals surface area contributed by atoms with E-state index in [4.69, 9.17) is 5.73 Å². The standard InChI is InChI=1S/C17H31N7O/c1-11(2)23(6)15(25)13-7-9-24(10-8-13)12(3)14-19-16(18)21-17(20-14)22(4)5/h11-13H,7-10H2,1-6H3,(H2,18,19,20,21). The maximum absolute atomic E-state index is 12.5. The topological polar surface area (TPSA) is 91.5 Å². The molecule has 1 aliphatic heterocycles. The summed E-state index contributed by atoms with van der Waals surface area (Å²) in [6, 6.07) is 0.282. The number of piperidine rings is 1. The second kappa shape index (κ2) is 7.95. The van der Waals surface area contributed by atoms with Crippen LogP contribution in [0.25, 0.3) is 0 Å². The van der Waals surface area contributed by atoms with Crippen molar-refractivity contribution in [3.63, 3.8) is 0 Å². The lowest BCUT2D eigenvalue weighted by Gasteiger charge is -2.36. The Balaban J connectivity index is 2.02. The quantitative estimate of drug-likeness (QED) is 0.853. The van der Waals surface area contributed by atoms with Gasteiger partial charge in [0.25, 0.3) is 0 Å². The van der Waals surface area contributed by atoms with Crippen LogP contribution in [0, 0.1) is 5.92 Å². The van der Waals surface area contributed by atoms with E-state index in [1.165, 1.54) is 0 Å². The van der Waals surface area contributed by atoms with Gasteiger partial charge in [-0.3, -0.25) is 9.69 Å². The summed E-state index contributed by atoms with van der Waals surface area (Å²) in [5.41, 5.74) is 5.83. The van der Waals surface area contributed by atoms with E-state index in [-0.39, 0.29) is 29.9 Å². The lowest BCUT2D eigenvalue weighted by molar-refractivity contribution is -0.137. The molecule has 0 aromatic carbocycles. The number of nitrogens with zero attached hydrogens (tertiary/aromatic N) is 6. The van der Waals surface area contributed by atoms with Gasteiger partial charge in [0.1, 0.15) is 0 Å². The summed E-state index contributed by atoms with van der Waals surface area (Å²) in [5, 5.41) is 0. The van der Waals surface area contributed by atoms with E-state index in [1.807, 2.05) is 44.8 Å². The summed E-state index contributed by atoms with van der Waals surface area (Å²) in [6.45, 7) is 7.88. The summed E-state index contributed by atoms with van der Waals surface area (Å²) in [7, 11) is 5.65. The largest absolute Gasteiger partial charge is 0.368 e. The molecule has 0 spiro atoms. The molecule has 2 heterocycles. The number of carbonyl (C=O) groups is 1. The third kappa shape index (κ3) is 4.56. The smallest absolute Gasteiger partial charge is 0.229 e. The fourth-order valence-electron chi connectivity index (χ4n) is 3.02. The molecule has 1 atom stereocenters. The molecule has 1 aromatic heterocycles. The average Bonchev–Trinajstić information content (AvgIpc) is 2.59. The van der Waals surface area contributed by atoms with E-state index >= 15 is 0 Å². The van der Waals surface area contributed by atoms with Gasteiger partial charge in [-0.1, -0.05) is 0 Å². The predicted molar refractivity (Wildman–Crippen MR) is 99.2 cm³/mol. The molecule has 1 aliphatic rings. The molecule has 0 radical (unpaired) electrons. The Hall–Kier alpha value is -1.96. The highest BCUT2D eigenvalue weighted by atomic mass is 16.2. The van der Waals surface area contributed by atoms with Crippen molar-refractivity contribution in [3.05, 3.63) is 5.82 Å². The van der Waals surface area contributed by atoms with Gasteiger partial charge in [-0.2, -0.15) is 15.0 Å². The molecule has 140 valence electrons. The van der Waals surface area contributed by atoms with E-state index in [0.29, 0.717) is 11.8 Å². The van der Waals surface area contributed by atoms with Gasteiger partial charge in [0.05, 0.1) is 6.04 Å². The van der Waals surface area contributed by atoms with E-state index in [0.717, 1.165) is 25.9 Å². The summed E-state index contributed by atoms with van der Waals surface area (Å²) in [6.07, 6.45) is 1.72. The fraction of sp³-hybridized carbons (Fsp3) is 0.765. The summed E-state index contributed by atoms with van der Waals surface area (Å²) in [4.78, 5) is 31.5. The molecule has 0 aliphatic carbocycles. The van der Waals surface area contributed by atoms with Gasteiger partial charge in [-0.05, 0) is 46.7 Å². The summed E-state index contributed by atoms with van der Waals surface area (Å²) < 4.78 is 0. The van der Waals surface area contributed by atoms with Crippen LogP contribution in [0.3, 0.4) is 0 Å². The maximum Gasteiger partial charge on any atom is 0.229 e. The minimum absolute atomic E-state index is 0.0443. The SMILES string of the molecule is CC(c1nc(N)nc(N(C)C)n1)N1CCC(C(=O)N(C)C(C)C)CC1. The molecule has 2 rings (SSSR count). The number of rotatable bonds is 5. The van der Waals surface area contributed by atoms with E-state index in [9.17, 15) is 4.79 Å². The Morgan fingerprint density at radius 3 is 2.24 bits per heavy atom. The van der Waals surface area contributed by atoms with Crippen LogP contribution < -0.4 is 10.6 Å². The zero-order valence-corrected chi connectivity index (χ0v) is 16.2. The van der Waals surface area contributed by atoms with Crippen molar-refractivity contribution in [3.8, 4) is 0 Å². The molecule has 0 bridgehead atoms. The van der Waals surface area contributed by atoms with Crippen molar-refractivity contribution in [2.45, 2.75) is 45.7 Å². The van der Waals surface area contributed by atoms with Crippen LogP contribution in [-0.2, 0) is 4.79 Å². The first-order chi connectivity index (χ1) is 11.7. The first-order valence-electron chi connectivity index (χ1n) is 8.90. The lowest BCUT2D eigenvalue weighted by Crippen LogP contribution is -2.44. The number of aromatic nitrogens is 3. The molecule has 0 saturated carbocycles. The van der Waals surface area contributed by atoms with Gasteiger partial charge in [0.2, 0.25) is 17.8 Å². The molecular formula is C17H31N7O. The molecule has 8 nitrogen and oxygen atoms in total. The number of hydrogen-bond donors (Lipinski definition) is 1. The van der Waals surface area contributed by atoms with Crippen molar-refractivity contribution in [2.24, 2.45) is 5.92 Å². The number of amides is 1. The van der Waals surface area contributed by atoms with Crippen LogP contribution >= 0.6 is 0 Å². The zero-order valence-electron chi connectivity index (χ0n) is 16.2. The number of nitrogen functional groups attached to an aromatic ring is 1. The number of carbonyl (C=O) groups excluding carboxylic acids is 1. The van der Waals surface area contributed by atoms with Crippen LogP contribution in [0.2, 0.25) is 0 Å². The van der Waals surface area contributed by atoms with E-state index < -0.39 is 0 Å². The maximum atomic E-state index is 12.5. The summed E-state index contributed by atoms with van der Waals surface area (Å²) in [5.74, 6) is 1.85. The highest BCUT2D eigenvalue weighted by Crippen LogP contribution is 2.27. The molecule has 1 aromatic rings. The van der Waals surface area contributed by atoms with Gasteiger partial charge in [-0.25, -0.2) is 0 Å². The highest BCUT2D eigenvalue weighted by molar-refractivity contribution is 5.78. The third-order valence-electron chi connectivity index (χ3n) is 4.98. The number of anilines is 2. The first kappa shape index (κ1) is 19.4. The van der Waals surface area contributed by atoms with Crippen molar-refractivity contribution < 1.29 is 4.79 Å². The van der Waals surface area contributed by atoms with Crippen molar-refractivity contribution >= 4 is 17.8 Å². The van der Waals surface area contributed by atoms with Crippen LogP contribution in [0.4, 0.5) is 11.9 Å². The number of hydrogen-bond acceptors (Lipinski definition) is 7. The molecule has 1 fully saturated rings. The minimum atomic E-state index is 0.0443. The van der Waals surface area contributed by atoms with Crippen LogP contribution in [-0.4, -0.2) is 70.9 Å². The summed E-state index contributed by atoms with van der Waals surface area (Å²) >= 11 is 0. The van der Waals surface area contributed by atoms with Crippen LogP contribution in [0.15, 0.2) is 0 Å². The van der Waals surface area contributed by atoms with Gasteiger partial charge < -0.3 is 15.5 Å². The Kier molecular flexibility index (Phi) is 6.16. The fourth-order valence-corrected chi connectivity index (χ4v) is 3.02. The Morgan fingerprint density at radius 1 is 1.12 bits per heavy atom. The van der Waals surface area contributed by atoms with Crippen molar-refractivity contribution in [1.82, 2.24) is 24.8 Å².